The van der Waals surface area contributed by atoms with Crippen LogP contribution in [0.3, 0.4) is 0 Å². The van der Waals surface area contributed by atoms with Crippen LogP contribution < -0.4 is 19.6 Å². The van der Waals surface area contributed by atoms with Crippen molar-refractivity contribution in [3.63, 3.8) is 0 Å². The maximum atomic E-state index is 14.0. The molecule has 1 aliphatic heterocycles. The van der Waals surface area contributed by atoms with Crippen molar-refractivity contribution < 1.29 is 14.3 Å². The Bertz CT molecular complexity index is 1780. The number of aryl methyl sites for hydroxylation is 1. The lowest BCUT2D eigenvalue weighted by atomic mass is 9.95. The molecule has 0 saturated heterocycles. The first-order chi connectivity index (χ1) is 18.2. The summed E-state index contributed by atoms with van der Waals surface area (Å²) in [5.41, 5.74) is 3.34. The zero-order valence-corrected chi connectivity index (χ0v) is 24.2. The molecule has 2 aromatic carbocycles. The van der Waals surface area contributed by atoms with Crippen molar-refractivity contribution in [1.29, 1.82) is 0 Å². The van der Waals surface area contributed by atoms with E-state index < -0.39 is 12.0 Å². The summed E-state index contributed by atoms with van der Waals surface area (Å²) in [6.45, 7) is 8.28. The van der Waals surface area contributed by atoms with Gasteiger partial charge in [0.2, 0.25) is 0 Å². The fourth-order valence-corrected chi connectivity index (χ4v) is 6.28. The van der Waals surface area contributed by atoms with Crippen LogP contribution in [0.15, 0.2) is 74.2 Å². The average molecular weight is 595 g/mol. The van der Waals surface area contributed by atoms with Crippen LogP contribution in [0, 0.1) is 0 Å². The van der Waals surface area contributed by atoms with Gasteiger partial charge in [-0.3, -0.25) is 9.36 Å². The van der Waals surface area contributed by atoms with E-state index in [1.54, 1.807) is 32.4 Å². The number of allylic oxidation sites excluding steroid dienone is 1. The smallest absolute Gasteiger partial charge is 0.338 e. The summed E-state index contributed by atoms with van der Waals surface area (Å²) >= 11 is 4.85. The molecule has 5 rings (SSSR count). The number of carbonyl (C=O) groups is 1. The topological polar surface area (TPSA) is 74.8 Å². The number of aromatic nitrogens is 2. The zero-order chi connectivity index (χ0) is 27.1. The number of para-hydroxylation sites is 1. The van der Waals surface area contributed by atoms with Crippen LogP contribution in [0.5, 0.6) is 5.75 Å². The second-order valence-electron chi connectivity index (χ2n) is 9.31. The molecule has 0 aliphatic carbocycles. The molecule has 0 fully saturated rings. The van der Waals surface area contributed by atoms with Crippen LogP contribution in [-0.4, -0.2) is 28.3 Å². The highest BCUT2D eigenvalue weighted by molar-refractivity contribution is 9.10. The van der Waals surface area contributed by atoms with Gasteiger partial charge in [-0.25, -0.2) is 9.79 Å². The van der Waals surface area contributed by atoms with Crippen LogP contribution in [-0.2, 0) is 16.1 Å². The predicted octanol–water partition coefficient (Wildman–Crippen LogP) is 4.93. The first-order valence-electron chi connectivity index (χ1n) is 12.4. The Morgan fingerprint density at radius 2 is 2.00 bits per heavy atom. The van der Waals surface area contributed by atoms with Crippen LogP contribution >= 0.6 is 27.3 Å². The Kier molecular flexibility index (Phi) is 7.15. The lowest BCUT2D eigenvalue weighted by molar-refractivity contribution is -0.143. The molecule has 38 heavy (non-hydrogen) atoms. The largest absolute Gasteiger partial charge is 0.496 e. The van der Waals surface area contributed by atoms with E-state index in [1.165, 1.54) is 11.3 Å². The maximum Gasteiger partial charge on any atom is 0.338 e. The number of esters is 1. The third-order valence-corrected chi connectivity index (χ3v) is 7.99. The minimum absolute atomic E-state index is 0.226. The van der Waals surface area contributed by atoms with Gasteiger partial charge in [-0.15, -0.1) is 0 Å². The molecule has 4 aromatic rings. The lowest BCUT2D eigenvalue weighted by Gasteiger charge is -2.26. The third kappa shape index (κ3) is 4.54. The summed E-state index contributed by atoms with van der Waals surface area (Å²) in [7, 11) is 1.57. The SMILES string of the molecule is CCn1cc(/C=c2\sc3n(c2=O)[C@@H](c2cc(Br)ccc2OC)C(C(=O)OC(C)C)=C(C)N=3)c2ccccc21. The number of thiazole rings is 1. The minimum atomic E-state index is -0.760. The fourth-order valence-electron chi connectivity index (χ4n) is 4.87. The number of benzene rings is 2. The second kappa shape index (κ2) is 10.4. The van der Waals surface area contributed by atoms with E-state index in [2.05, 4.69) is 45.8 Å². The molecule has 0 spiro atoms. The van der Waals surface area contributed by atoms with E-state index in [0.29, 0.717) is 31.9 Å². The van der Waals surface area contributed by atoms with E-state index >= 15 is 0 Å². The molecular formula is C29H28BrN3O4S. The van der Waals surface area contributed by atoms with Crippen LogP contribution in [0.1, 0.15) is 44.9 Å². The molecule has 3 heterocycles. The van der Waals surface area contributed by atoms with Gasteiger partial charge in [-0.1, -0.05) is 45.5 Å². The monoisotopic (exact) mass is 593 g/mol. The van der Waals surface area contributed by atoms with Gasteiger partial charge in [-0.2, -0.15) is 0 Å². The van der Waals surface area contributed by atoms with Gasteiger partial charge in [0.1, 0.15) is 11.8 Å². The second-order valence-corrected chi connectivity index (χ2v) is 11.2. The highest BCUT2D eigenvalue weighted by atomic mass is 79.9. The summed E-state index contributed by atoms with van der Waals surface area (Å²) in [5, 5.41) is 1.07. The number of methoxy groups -OCH3 is 1. The molecule has 0 radical (unpaired) electrons. The van der Waals surface area contributed by atoms with Gasteiger partial charge in [0.05, 0.1) is 29.0 Å². The minimum Gasteiger partial charge on any atom is -0.496 e. The summed E-state index contributed by atoms with van der Waals surface area (Å²) in [6, 6.07) is 12.9. The Morgan fingerprint density at radius 3 is 2.71 bits per heavy atom. The van der Waals surface area contributed by atoms with Crippen molar-refractivity contribution >= 4 is 50.2 Å². The molecule has 0 saturated carbocycles. The standard InChI is InChI=1S/C29H28BrN3O4S/c1-6-32-15-18(20-9-7-8-10-22(20)32)13-24-27(34)33-26(21-14-19(30)11-12-23(21)36-5)25(28(35)37-16(2)3)17(4)31-29(33)38-24/h7-16,26H,6H2,1-5H3/b24-13-/t26-/m0/s1. The number of rotatable bonds is 6. The van der Waals surface area contributed by atoms with Crippen LogP contribution in [0.2, 0.25) is 0 Å². The van der Waals surface area contributed by atoms with Gasteiger partial charge in [0.15, 0.2) is 4.80 Å². The van der Waals surface area contributed by atoms with Crippen molar-refractivity contribution in [2.45, 2.75) is 46.4 Å². The number of hydrogen-bond acceptors (Lipinski definition) is 6. The van der Waals surface area contributed by atoms with Crippen molar-refractivity contribution in [1.82, 2.24) is 9.13 Å². The molecule has 9 heteroatoms. The third-order valence-electron chi connectivity index (χ3n) is 6.52. The zero-order valence-electron chi connectivity index (χ0n) is 21.8. The van der Waals surface area contributed by atoms with Gasteiger partial charge < -0.3 is 14.0 Å². The molecule has 0 bridgehead atoms. The lowest BCUT2D eigenvalue weighted by Crippen LogP contribution is -2.40. The summed E-state index contributed by atoms with van der Waals surface area (Å²) in [6.07, 6.45) is 3.65. The van der Waals surface area contributed by atoms with E-state index in [1.807, 2.05) is 36.4 Å². The number of halogens is 1. The average Bonchev–Trinajstić information content (AvgIpc) is 3.39. The highest BCUT2D eigenvalue weighted by Gasteiger charge is 2.35. The Hall–Kier alpha value is -3.43. The molecule has 0 unspecified atom stereocenters. The van der Waals surface area contributed by atoms with E-state index in [4.69, 9.17) is 14.5 Å². The van der Waals surface area contributed by atoms with Crippen LogP contribution in [0.4, 0.5) is 0 Å². The van der Waals surface area contributed by atoms with Crippen molar-refractivity contribution in [2.24, 2.45) is 4.99 Å². The Morgan fingerprint density at radius 1 is 1.24 bits per heavy atom. The molecule has 1 aliphatic rings. The van der Waals surface area contributed by atoms with Crippen molar-refractivity contribution in [3.8, 4) is 5.75 Å². The van der Waals surface area contributed by atoms with Crippen LogP contribution in [0.25, 0.3) is 17.0 Å². The number of fused-ring (bicyclic) bond motifs is 2. The highest BCUT2D eigenvalue weighted by Crippen LogP contribution is 2.37. The number of ether oxygens (including phenoxy) is 2. The van der Waals surface area contributed by atoms with Gasteiger partial charge in [0, 0.05) is 39.2 Å². The first-order valence-corrected chi connectivity index (χ1v) is 14.0. The van der Waals surface area contributed by atoms with E-state index in [-0.39, 0.29) is 11.7 Å². The normalized spacial score (nSPS) is 15.7. The number of hydrogen-bond donors (Lipinski definition) is 0. The Balaban J connectivity index is 1.78. The van der Waals surface area contributed by atoms with Gasteiger partial charge in [0.25, 0.3) is 5.56 Å². The Labute approximate surface area is 232 Å². The molecule has 1 atom stereocenters. The first kappa shape index (κ1) is 26.2. The van der Waals surface area contributed by atoms with Crippen molar-refractivity contribution in [3.05, 3.63) is 95.2 Å². The van der Waals surface area contributed by atoms with E-state index in [9.17, 15) is 9.59 Å². The fraction of sp³-hybridized carbons (Fsp3) is 0.276. The van der Waals surface area contributed by atoms with Gasteiger partial charge in [-0.05, 0) is 58.0 Å². The summed E-state index contributed by atoms with van der Waals surface area (Å²) in [4.78, 5) is 32.6. The summed E-state index contributed by atoms with van der Waals surface area (Å²) < 4.78 is 16.4. The molecule has 2 aromatic heterocycles. The summed E-state index contributed by atoms with van der Waals surface area (Å²) in [5.74, 6) is 0.0527. The van der Waals surface area contributed by atoms with Gasteiger partial charge >= 0.3 is 5.97 Å². The maximum absolute atomic E-state index is 14.0. The predicted molar refractivity (Wildman–Crippen MR) is 153 cm³/mol. The molecule has 0 N–H and O–H groups in total. The molecule has 7 nitrogen and oxygen atoms in total. The molecule has 0 amide bonds. The molecular weight excluding hydrogens is 566 g/mol. The van der Waals surface area contributed by atoms with E-state index in [0.717, 1.165) is 27.5 Å². The van der Waals surface area contributed by atoms with Crippen molar-refractivity contribution in [2.75, 3.05) is 7.11 Å². The molecule has 196 valence electrons. The number of nitrogens with zero attached hydrogens (tertiary/aromatic N) is 3. The quantitative estimate of drug-likeness (QED) is 0.297. The number of carbonyl (C=O) groups excluding carboxylic acids is 1.